The van der Waals surface area contributed by atoms with Crippen molar-refractivity contribution in [2.75, 3.05) is 46.6 Å². The summed E-state index contributed by atoms with van der Waals surface area (Å²) in [6.45, 7) is 3.64. The normalized spacial score (nSPS) is 13.1. The number of aliphatic hydroxyl groups excluding tert-OH is 1. The lowest BCUT2D eigenvalue weighted by molar-refractivity contribution is -0.870. The summed E-state index contributed by atoms with van der Waals surface area (Å²) in [7, 11) is 2.08. The van der Waals surface area contributed by atoms with Gasteiger partial charge < -0.3 is 19.5 Å². The van der Waals surface area contributed by atoms with Gasteiger partial charge in [-0.1, -0.05) is 30.3 Å². The summed E-state index contributed by atoms with van der Waals surface area (Å²) in [4.78, 5) is 0. The van der Waals surface area contributed by atoms with Crippen LogP contribution >= 0.6 is 0 Å². The smallest absolute Gasteiger partial charge is 0.101 e. The van der Waals surface area contributed by atoms with Gasteiger partial charge in [-0.3, -0.25) is 0 Å². The van der Waals surface area contributed by atoms with E-state index in [1.54, 1.807) is 0 Å². The molecule has 7 heteroatoms. The van der Waals surface area contributed by atoms with E-state index in [1.165, 1.54) is 0 Å². The Kier molecular flexibility index (Phi) is 10.3. The first-order valence-electron chi connectivity index (χ1n) is 7.68. The van der Waals surface area contributed by atoms with Gasteiger partial charge >= 0.3 is 0 Å². The third kappa shape index (κ3) is 14.3. The number of hydrogen-bond donors (Lipinski definition) is 2. The van der Waals surface area contributed by atoms with Crippen molar-refractivity contribution >= 4 is 10.1 Å². The van der Waals surface area contributed by atoms with Crippen LogP contribution in [0.3, 0.4) is 0 Å². The molecule has 6 nitrogen and oxygen atoms in total. The average Bonchev–Trinajstić information content (AvgIpc) is 2.43. The number of hydrogen-bond acceptors (Lipinski definition) is 5. The molecule has 0 saturated heterocycles. The fraction of sp³-hybridized carbons (Fsp3) is 0.625. The Morgan fingerprint density at radius 1 is 1.22 bits per heavy atom. The molecule has 0 bridgehead atoms. The zero-order chi connectivity index (χ0) is 17.9. The predicted molar refractivity (Wildman–Crippen MR) is 92.0 cm³/mol. The van der Waals surface area contributed by atoms with Gasteiger partial charge in [0.2, 0.25) is 0 Å². The van der Waals surface area contributed by atoms with Crippen molar-refractivity contribution in [2.24, 2.45) is 0 Å². The molecule has 0 aliphatic heterocycles. The van der Waals surface area contributed by atoms with Crippen LogP contribution in [0.15, 0.2) is 30.3 Å². The van der Waals surface area contributed by atoms with Gasteiger partial charge in [0.15, 0.2) is 0 Å². The number of aliphatic hydroxyl groups is 1. The summed E-state index contributed by atoms with van der Waals surface area (Å²) in [5.41, 5.74) is 1.15. The maximum atomic E-state index is 10.4. The van der Waals surface area contributed by atoms with E-state index in [1.807, 2.05) is 37.3 Å². The highest BCUT2D eigenvalue weighted by molar-refractivity contribution is 7.85. The second kappa shape index (κ2) is 10.7. The van der Waals surface area contributed by atoms with Crippen LogP contribution in [0, 0.1) is 0 Å². The molecule has 0 saturated carbocycles. The van der Waals surface area contributed by atoms with E-state index < -0.39 is 10.1 Å². The number of benzene rings is 1. The molecule has 0 radical (unpaired) electrons. The first-order valence-corrected chi connectivity index (χ1v) is 9.26. The Labute approximate surface area is 140 Å². The highest BCUT2D eigenvalue weighted by atomic mass is 32.2. The molecule has 1 aromatic rings. The minimum atomic E-state index is -4.08. The second-order valence-electron chi connectivity index (χ2n) is 6.44. The standard InChI is InChI=1S/C11H17NO3S.C5H14NO/c1-10(11-6-3-2-4-7-11)12-8-5-9-16(13,14)15;1-6(2,3)4-5-7/h2-4,6-7,10,12H,5,8-9H2,1H3,(H,13,14,15);7H,4-5H2,1-3H3/q;+1/p-1/t10-;/m1./s1. The summed E-state index contributed by atoms with van der Waals surface area (Å²) in [6.07, 6.45) is 0.350. The van der Waals surface area contributed by atoms with Crippen LogP contribution in [0.2, 0.25) is 0 Å². The Morgan fingerprint density at radius 3 is 2.17 bits per heavy atom. The molecule has 134 valence electrons. The summed E-state index contributed by atoms with van der Waals surface area (Å²) < 4.78 is 31.9. The van der Waals surface area contributed by atoms with Gasteiger partial charge in [0.25, 0.3) is 0 Å². The number of likely N-dealkylation sites (N-methyl/N-ethyl adjacent to an activating group) is 1. The van der Waals surface area contributed by atoms with E-state index in [4.69, 9.17) is 5.11 Å². The summed E-state index contributed by atoms with van der Waals surface area (Å²) in [6, 6.07) is 10.0. The lowest BCUT2D eigenvalue weighted by atomic mass is 10.1. The molecular weight excluding hydrogens is 316 g/mol. The van der Waals surface area contributed by atoms with E-state index in [0.29, 0.717) is 13.0 Å². The third-order valence-electron chi connectivity index (χ3n) is 3.09. The van der Waals surface area contributed by atoms with Crippen LogP contribution in [-0.4, -0.2) is 69.2 Å². The SMILES string of the molecule is C[C@@H](NCCCS(=O)(=O)[O-])c1ccccc1.C[N+](C)(C)CCO. The highest BCUT2D eigenvalue weighted by Crippen LogP contribution is 2.10. The Balaban J connectivity index is 0.000000585. The van der Waals surface area contributed by atoms with Crippen LogP contribution in [0.25, 0.3) is 0 Å². The minimum Gasteiger partial charge on any atom is -0.748 e. The second-order valence-corrected chi connectivity index (χ2v) is 7.96. The fourth-order valence-electron chi connectivity index (χ4n) is 1.73. The summed E-state index contributed by atoms with van der Waals surface area (Å²) in [5.74, 6) is -0.304. The monoisotopic (exact) mass is 346 g/mol. The van der Waals surface area contributed by atoms with Crippen molar-refractivity contribution in [1.29, 1.82) is 0 Å². The molecule has 1 rings (SSSR count). The Morgan fingerprint density at radius 2 is 1.78 bits per heavy atom. The molecular formula is C16H30N2O4S. The fourth-order valence-corrected chi connectivity index (χ4v) is 2.22. The molecule has 23 heavy (non-hydrogen) atoms. The maximum Gasteiger partial charge on any atom is 0.101 e. The molecule has 1 aromatic carbocycles. The topological polar surface area (TPSA) is 89.5 Å². The van der Waals surface area contributed by atoms with Gasteiger partial charge in [0.05, 0.1) is 37.9 Å². The molecule has 0 heterocycles. The van der Waals surface area contributed by atoms with Crippen LogP contribution < -0.4 is 5.32 Å². The van der Waals surface area contributed by atoms with Gasteiger partial charge in [-0.15, -0.1) is 0 Å². The van der Waals surface area contributed by atoms with Gasteiger partial charge in [-0.25, -0.2) is 8.42 Å². The molecule has 0 aromatic heterocycles. The Hall–Kier alpha value is -0.990. The van der Waals surface area contributed by atoms with Gasteiger partial charge in [0.1, 0.15) is 6.54 Å². The zero-order valence-electron chi connectivity index (χ0n) is 14.5. The maximum absolute atomic E-state index is 10.4. The van der Waals surface area contributed by atoms with Crippen LogP contribution in [0.1, 0.15) is 24.9 Å². The zero-order valence-corrected chi connectivity index (χ0v) is 15.3. The van der Waals surface area contributed by atoms with E-state index in [2.05, 4.69) is 26.5 Å². The van der Waals surface area contributed by atoms with Gasteiger partial charge in [-0.05, 0) is 25.5 Å². The van der Waals surface area contributed by atoms with E-state index >= 15 is 0 Å². The molecule has 0 amide bonds. The van der Waals surface area contributed by atoms with Crippen LogP contribution in [0.5, 0.6) is 0 Å². The number of quaternary nitrogens is 1. The van der Waals surface area contributed by atoms with Crippen molar-refractivity contribution in [3.8, 4) is 0 Å². The van der Waals surface area contributed by atoms with E-state index in [9.17, 15) is 13.0 Å². The molecule has 0 aliphatic rings. The van der Waals surface area contributed by atoms with Crippen molar-refractivity contribution < 1.29 is 22.6 Å². The van der Waals surface area contributed by atoms with Crippen molar-refractivity contribution in [3.05, 3.63) is 35.9 Å². The summed E-state index contributed by atoms with van der Waals surface area (Å²) >= 11 is 0. The number of nitrogens with zero attached hydrogens (tertiary/aromatic N) is 1. The van der Waals surface area contributed by atoms with E-state index in [0.717, 1.165) is 16.6 Å². The highest BCUT2D eigenvalue weighted by Gasteiger charge is 2.03. The molecule has 0 unspecified atom stereocenters. The van der Waals surface area contributed by atoms with Crippen molar-refractivity contribution in [1.82, 2.24) is 5.32 Å². The van der Waals surface area contributed by atoms with Gasteiger partial charge in [0, 0.05) is 11.8 Å². The molecule has 2 N–H and O–H groups in total. The van der Waals surface area contributed by atoms with Crippen LogP contribution in [-0.2, 0) is 10.1 Å². The van der Waals surface area contributed by atoms with Gasteiger partial charge in [-0.2, -0.15) is 0 Å². The largest absolute Gasteiger partial charge is 0.748 e. The number of rotatable bonds is 8. The first-order chi connectivity index (χ1) is 10.5. The average molecular weight is 346 g/mol. The minimum absolute atomic E-state index is 0.163. The first kappa shape index (κ1) is 22.0. The summed E-state index contributed by atoms with van der Waals surface area (Å²) in [5, 5.41) is 11.6. The van der Waals surface area contributed by atoms with Crippen LogP contribution in [0.4, 0.5) is 0 Å². The van der Waals surface area contributed by atoms with Crippen molar-refractivity contribution in [3.63, 3.8) is 0 Å². The lowest BCUT2D eigenvalue weighted by Gasteiger charge is -2.21. The third-order valence-corrected chi connectivity index (χ3v) is 3.88. The van der Waals surface area contributed by atoms with Crippen molar-refractivity contribution in [2.45, 2.75) is 19.4 Å². The lowest BCUT2D eigenvalue weighted by Crippen LogP contribution is -2.36. The molecule has 0 fully saturated rings. The molecule has 1 atom stereocenters. The number of nitrogens with one attached hydrogen (secondary N) is 1. The predicted octanol–water partition coefficient (Wildman–Crippen LogP) is 0.957. The Bertz CT molecular complexity index is 513. The molecule has 0 aliphatic carbocycles. The van der Waals surface area contributed by atoms with E-state index in [-0.39, 0.29) is 18.4 Å². The quantitative estimate of drug-likeness (QED) is 0.416. The molecule has 0 spiro atoms.